The van der Waals surface area contributed by atoms with Gasteiger partial charge in [-0.25, -0.2) is 9.97 Å². The van der Waals surface area contributed by atoms with Crippen molar-refractivity contribution < 1.29 is 0 Å². The molecule has 0 bridgehead atoms. The molecule has 0 atom stereocenters. The molecule has 5 N–H and O–H groups in total. The third-order valence-corrected chi connectivity index (χ3v) is 2.44. The summed E-state index contributed by atoms with van der Waals surface area (Å²) in [6.45, 7) is 0. The zero-order chi connectivity index (χ0) is 10.4. The molecule has 0 aliphatic carbocycles. The third kappa shape index (κ3) is 1.03. The maximum absolute atomic E-state index is 5.74. The first-order valence-electron chi connectivity index (χ1n) is 4.53. The van der Waals surface area contributed by atoms with Crippen molar-refractivity contribution in [2.45, 2.75) is 0 Å². The van der Waals surface area contributed by atoms with E-state index in [9.17, 15) is 0 Å². The summed E-state index contributed by atoms with van der Waals surface area (Å²) in [6, 6.07) is 5.63. The number of rotatable bonds is 0. The van der Waals surface area contributed by atoms with Gasteiger partial charge in [-0.05, 0) is 18.2 Å². The van der Waals surface area contributed by atoms with Crippen LogP contribution in [0.4, 0.5) is 11.5 Å². The monoisotopic (exact) mass is 199 g/mol. The largest absolute Gasteiger partial charge is 0.399 e. The minimum absolute atomic E-state index is 0.453. The molecular weight excluding hydrogens is 190 g/mol. The summed E-state index contributed by atoms with van der Waals surface area (Å²) < 4.78 is 0. The standard InChI is InChI=1S/C10H9N5/c11-5-1-2-6-7(3-5)15-9-8(6)13-4-14-10(9)12/h1-4,15H,11H2,(H2,12,13,14). The highest BCUT2D eigenvalue weighted by atomic mass is 14.9. The lowest BCUT2D eigenvalue weighted by Gasteiger charge is -1.92. The number of nitrogens with one attached hydrogen (secondary N) is 1. The van der Waals surface area contributed by atoms with Crippen LogP contribution < -0.4 is 11.5 Å². The molecule has 0 saturated heterocycles. The van der Waals surface area contributed by atoms with Crippen molar-refractivity contribution in [3.05, 3.63) is 24.5 Å². The fraction of sp³-hybridized carbons (Fsp3) is 0. The van der Waals surface area contributed by atoms with Crippen molar-refractivity contribution in [3.63, 3.8) is 0 Å². The van der Waals surface area contributed by atoms with Gasteiger partial charge in [0.2, 0.25) is 0 Å². The third-order valence-electron chi connectivity index (χ3n) is 2.44. The normalized spacial score (nSPS) is 11.2. The first kappa shape index (κ1) is 8.05. The van der Waals surface area contributed by atoms with Crippen molar-refractivity contribution in [1.82, 2.24) is 15.0 Å². The number of hydrogen-bond acceptors (Lipinski definition) is 4. The second kappa shape index (κ2) is 2.60. The fourth-order valence-corrected chi connectivity index (χ4v) is 1.73. The number of H-pyrrole nitrogens is 1. The van der Waals surface area contributed by atoms with Gasteiger partial charge in [0, 0.05) is 11.1 Å². The quantitative estimate of drug-likeness (QED) is 0.475. The predicted molar refractivity (Wildman–Crippen MR) is 60.2 cm³/mol. The molecule has 5 nitrogen and oxygen atoms in total. The SMILES string of the molecule is Nc1ccc2c(c1)[nH]c1c(N)ncnc12. The summed E-state index contributed by atoms with van der Waals surface area (Å²) in [7, 11) is 0. The molecule has 2 heterocycles. The summed E-state index contributed by atoms with van der Waals surface area (Å²) in [5.41, 5.74) is 14.7. The molecule has 15 heavy (non-hydrogen) atoms. The number of fused-ring (bicyclic) bond motifs is 3. The Morgan fingerprint density at radius 2 is 2.00 bits per heavy atom. The molecule has 0 fully saturated rings. The number of nitrogens with two attached hydrogens (primary N) is 2. The van der Waals surface area contributed by atoms with E-state index >= 15 is 0 Å². The average Bonchev–Trinajstić information content (AvgIpc) is 2.57. The van der Waals surface area contributed by atoms with Crippen LogP contribution in [-0.4, -0.2) is 15.0 Å². The summed E-state index contributed by atoms with van der Waals surface area (Å²) >= 11 is 0. The second-order valence-electron chi connectivity index (χ2n) is 3.41. The van der Waals surface area contributed by atoms with Gasteiger partial charge in [-0.3, -0.25) is 0 Å². The molecule has 5 heteroatoms. The Labute approximate surface area is 85.1 Å². The van der Waals surface area contributed by atoms with E-state index < -0.39 is 0 Å². The minimum atomic E-state index is 0.453. The van der Waals surface area contributed by atoms with Crippen molar-refractivity contribution in [2.75, 3.05) is 11.5 Å². The molecule has 3 aromatic rings. The molecule has 1 aromatic carbocycles. The van der Waals surface area contributed by atoms with Gasteiger partial charge in [0.1, 0.15) is 17.4 Å². The zero-order valence-electron chi connectivity index (χ0n) is 7.86. The maximum atomic E-state index is 5.74. The Morgan fingerprint density at radius 3 is 2.87 bits per heavy atom. The number of hydrogen-bond donors (Lipinski definition) is 3. The molecule has 0 amide bonds. The van der Waals surface area contributed by atoms with E-state index in [1.54, 1.807) is 0 Å². The van der Waals surface area contributed by atoms with Crippen LogP contribution in [0.3, 0.4) is 0 Å². The Hall–Kier alpha value is -2.30. The Kier molecular flexibility index (Phi) is 1.39. The first-order valence-corrected chi connectivity index (χ1v) is 4.53. The van der Waals surface area contributed by atoms with Gasteiger partial charge < -0.3 is 16.5 Å². The van der Waals surface area contributed by atoms with Crippen molar-refractivity contribution in [3.8, 4) is 0 Å². The molecule has 0 radical (unpaired) electrons. The highest BCUT2D eigenvalue weighted by molar-refractivity contribution is 6.08. The highest BCUT2D eigenvalue weighted by Crippen LogP contribution is 2.26. The van der Waals surface area contributed by atoms with Crippen LogP contribution in [0.1, 0.15) is 0 Å². The Balaban J connectivity index is 2.57. The lowest BCUT2D eigenvalue weighted by molar-refractivity contribution is 1.23. The average molecular weight is 199 g/mol. The molecular formula is C10H9N5. The zero-order valence-corrected chi connectivity index (χ0v) is 7.86. The van der Waals surface area contributed by atoms with Crippen LogP contribution in [0.5, 0.6) is 0 Å². The number of anilines is 2. The summed E-state index contributed by atoms with van der Waals surface area (Å²) in [5.74, 6) is 0.453. The fourth-order valence-electron chi connectivity index (χ4n) is 1.73. The van der Waals surface area contributed by atoms with Gasteiger partial charge in [0.15, 0.2) is 5.82 Å². The number of aromatic amines is 1. The summed E-state index contributed by atoms with van der Waals surface area (Å²) in [5, 5.41) is 1.01. The topological polar surface area (TPSA) is 93.6 Å². The molecule has 3 rings (SSSR count). The van der Waals surface area contributed by atoms with E-state index in [2.05, 4.69) is 15.0 Å². The molecule has 0 saturated carbocycles. The van der Waals surface area contributed by atoms with Gasteiger partial charge in [-0.1, -0.05) is 0 Å². The number of nitrogen functional groups attached to an aromatic ring is 2. The molecule has 0 unspecified atom stereocenters. The smallest absolute Gasteiger partial charge is 0.151 e. The van der Waals surface area contributed by atoms with Crippen molar-refractivity contribution in [2.24, 2.45) is 0 Å². The minimum Gasteiger partial charge on any atom is -0.399 e. The highest BCUT2D eigenvalue weighted by Gasteiger charge is 2.07. The van der Waals surface area contributed by atoms with Gasteiger partial charge in [0.05, 0.1) is 5.52 Å². The van der Waals surface area contributed by atoms with E-state index in [-0.39, 0.29) is 0 Å². The van der Waals surface area contributed by atoms with Crippen LogP contribution in [0.2, 0.25) is 0 Å². The van der Waals surface area contributed by atoms with Crippen LogP contribution >= 0.6 is 0 Å². The summed E-state index contributed by atoms with van der Waals surface area (Å²) in [4.78, 5) is 11.3. The number of aromatic nitrogens is 3. The van der Waals surface area contributed by atoms with Gasteiger partial charge in [-0.15, -0.1) is 0 Å². The van der Waals surface area contributed by atoms with E-state index in [0.717, 1.165) is 21.9 Å². The van der Waals surface area contributed by atoms with E-state index in [0.29, 0.717) is 11.5 Å². The van der Waals surface area contributed by atoms with Crippen molar-refractivity contribution >= 4 is 33.4 Å². The first-order chi connectivity index (χ1) is 7.25. The predicted octanol–water partition coefficient (Wildman–Crippen LogP) is 1.28. The lowest BCUT2D eigenvalue weighted by Crippen LogP contribution is -1.91. The summed E-state index contributed by atoms with van der Waals surface area (Å²) in [6.07, 6.45) is 1.46. The van der Waals surface area contributed by atoms with Crippen LogP contribution in [0.15, 0.2) is 24.5 Å². The van der Waals surface area contributed by atoms with Crippen molar-refractivity contribution in [1.29, 1.82) is 0 Å². The second-order valence-corrected chi connectivity index (χ2v) is 3.41. The van der Waals surface area contributed by atoms with E-state index in [1.165, 1.54) is 6.33 Å². The van der Waals surface area contributed by atoms with Gasteiger partial charge in [-0.2, -0.15) is 0 Å². The van der Waals surface area contributed by atoms with Crippen LogP contribution in [-0.2, 0) is 0 Å². The maximum Gasteiger partial charge on any atom is 0.151 e. The Morgan fingerprint density at radius 1 is 1.13 bits per heavy atom. The van der Waals surface area contributed by atoms with E-state index in [4.69, 9.17) is 11.5 Å². The molecule has 0 aliphatic heterocycles. The van der Waals surface area contributed by atoms with Gasteiger partial charge in [0.25, 0.3) is 0 Å². The van der Waals surface area contributed by atoms with Crippen LogP contribution in [0.25, 0.3) is 21.9 Å². The Bertz CT molecular complexity index is 655. The number of nitrogens with zero attached hydrogens (tertiary/aromatic N) is 2. The lowest BCUT2D eigenvalue weighted by atomic mass is 10.2. The molecule has 0 spiro atoms. The molecule has 0 aliphatic rings. The van der Waals surface area contributed by atoms with E-state index in [1.807, 2.05) is 18.2 Å². The molecule has 74 valence electrons. The van der Waals surface area contributed by atoms with Crippen LogP contribution in [0, 0.1) is 0 Å². The molecule has 2 aromatic heterocycles. The van der Waals surface area contributed by atoms with Gasteiger partial charge >= 0.3 is 0 Å². The number of benzene rings is 1.